The van der Waals surface area contributed by atoms with Crippen molar-refractivity contribution in [2.75, 3.05) is 52.5 Å². The smallest absolute Gasteiger partial charge is 0.244 e. The van der Waals surface area contributed by atoms with Gasteiger partial charge in [-0.05, 0) is 31.4 Å². The van der Waals surface area contributed by atoms with Gasteiger partial charge in [-0.1, -0.05) is 24.3 Å². The molecule has 2 heterocycles. The fourth-order valence-electron chi connectivity index (χ4n) is 3.69. The Bertz CT molecular complexity index is 673. The predicted molar refractivity (Wildman–Crippen MR) is 111 cm³/mol. The van der Waals surface area contributed by atoms with Crippen LogP contribution in [0.1, 0.15) is 25.0 Å². The fraction of sp³-hybridized carbons (Fsp3) is 0.619. The third kappa shape index (κ3) is 5.69. The molecule has 154 valence electrons. The maximum atomic E-state index is 12.6. The van der Waals surface area contributed by atoms with E-state index in [-0.39, 0.29) is 12.5 Å². The largest absolute Gasteiger partial charge is 0.379 e. The number of nitrogens with one attached hydrogen (secondary N) is 2. The molecule has 0 aliphatic carbocycles. The van der Waals surface area contributed by atoms with Crippen LogP contribution in [0.4, 0.5) is 0 Å². The van der Waals surface area contributed by atoms with Crippen molar-refractivity contribution < 1.29 is 9.53 Å². The number of ether oxygens (including phenoxy) is 1. The van der Waals surface area contributed by atoms with Crippen molar-refractivity contribution in [1.29, 1.82) is 0 Å². The van der Waals surface area contributed by atoms with Gasteiger partial charge in [-0.3, -0.25) is 9.69 Å². The molecular formula is C21H33N5O2. The van der Waals surface area contributed by atoms with E-state index in [4.69, 9.17) is 4.74 Å². The zero-order chi connectivity index (χ0) is 19.8. The number of fused-ring (bicyclic) bond motifs is 1. The van der Waals surface area contributed by atoms with E-state index in [0.717, 1.165) is 52.4 Å². The Morgan fingerprint density at radius 1 is 1.18 bits per heavy atom. The second kappa shape index (κ2) is 10.4. The molecule has 2 N–H and O–H groups in total. The molecule has 1 saturated heterocycles. The maximum Gasteiger partial charge on any atom is 0.244 e. The molecule has 1 amide bonds. The van der Waals surface area contributed by atoms with E-state index in [1.54, 1.807) is 0 Å². The maximum absolute atomic E-state index is 12.6. The molecule has 1 fully saturated rings. The minimum atomic E-state index is 0.0768. The summed E-state index contributed by atoms with van der Waals surface area (Å²) >= 11 is 0. The van der Waals surface area contributed by atoms with E-state index in [9.17, 15) is 4.79 Å². The summed E-state index contributed by atoms with van der Waals surface area (Å²) in [6, 6.07) is 8.75. The van der Waals surface area contributed by atoms with Crippen molar-refractivity contribution >= 4 is 11.9 Å². The molecule has 1 atom stereocenters. The molecule has 0 saturated carbocycles. The first-order valence-corrected chi connectivity index (χ1v) is 10.4. The highest BCUT2D eigenvalue weighted by atomic mass is 16.5. The Hall–Kier alpha value is -2.12. The van der Waals surface area contributed by atoms with E-state index in [2.05, 4.69) is 45.6 Å². The van der Waals surface area contributed by atoms with Crippen LogP contribution in [0.15, 0.2) is 29.3 Å². The molecule has 28 heavy (non-hydrogen) atoms. The summed E-state index contributed by atoms with van der Waals surface area (Å²) in [5.41, 5.74) is 2.60. The molecule has 2 aliphatic rings. The van der Waals surface area contributed by atoms with Gasteiger partial charge in [0, 0.05) is 45.3 Å². The van der Waals surface area contributed by atoms with E-state index in [1.807, 2.05) is 17.9 Å². The van der Waals surface area contributed by atoms with Gasteiger partial charge in [-0.2, -0.15) is 0 Å². The average Bonchev–Trinajstić information content (AvgIpc) is 2.75. The van der Waals surface area contributed by atoms with Crippen molar-refractivity contribution in [3.8, 4) is 0 Å². The molecule has 1 aromatic carbocycles. The normalized spacial score (nSPS) is 19.1. The lowest BCUT2D eigenvalue weighted by Gasteiger charge is -2.32. The van der Waals surface area contributed by atoms with Gasteiger partial charge < -0.3 is 20.3 Å². The SMILES string of the molecule is CCNC(=NCC(=O)N1CCc2ccccc2C1)NCC(C)N1CCOCC1. The highest BCUT2D eigenvalue weighted by molar-refractivity contribution is 5.85. The van der Waals surface area contributed by atoms with Gasteiger partial charge in [0.15, 0.2) is 5.96 Å². The lowest BCUT2D eigenvalue weighted by Crippen LogP contribution is -2.49. The average molecular weight is 388 g/mol. The number of guanidine groups is 1. The van der Waals surface area contributed by atoms with Crippen molar-refractivity contribution in [2.45, 2.75) is 32.9 Å². The zero-order valence-electron chi connectivity index (χ0n) is 17.1. The van der Waals surface area contributed by atoms with Crippen LogP contribution in [-0.4, -0.2) is 80.2 Å². The second-order valence-corrected chi connectivity index (χ2v) is 7.41. The molecule has 7 nitrogen and oxygen atoms in total. The number of hydrogen-bond donors (Lipinski definition) is 2. The van der Waals surface area contributed by atoms with Crippen LogP contribution in [-0.2, 0) is 22.5 Å². The standard InChI is InChI=1S/C21H33N5O2/c1-3-22-21(23-14-17(2)25-10-12-28-13-11-25)24-15-20(27)26-9-8-18-6-4-5-7-19(18)16-26/h4-7,17H,3,8-16H2,1-2H3,(H2,22,23,24). The molecule has 1 unspecified atom stereocenters. The Labute approximate surface area is 168 Å². The molecule has 7 heteroatoms. The minimum Gasteiger partial charge on any atom is -0.379 e. The molecule has 0 bridgehead atoms. The number of carbonyl (C=O) groups excluding carboxylic acids is 1. The van der Waals surface area contributed by atoms with Crippen molar-refractivity contribution in [3.05, 3.63) is 35.4 Å². The van der Waals surface area contributed by atoms with Crippen LogP contribution in [0, 0.1) is 0 Å². The second-order valence-electron chi connectivity index (χ2n) is 7.41. The molecule has 1 aromatic rings. The third-order valence-corrected chi connectivity index (χ3v) is 5.43. The van der Waals surface area contributed by atoms with Gasteiger partial charge in [-0.15, -0.1) is 0 Å². The number of benzene rings is 1. The lowest BCUT2D eigenvalue weighted by atomic mass is 10.00. The number of amides is 1. The summed E-state index contributed by atoms with van der Waals surface area (Å²) in [7, 11) is 0. The van der Waals surface area contributed by atoms with E-state index in [0.29, 0.717) is 18.5 Å². The van der Waals surface area contributed by atoms with Crippen LogP contribution in [0.5, 0.6) is 0 Å². The Morgan fingerprint density at radius 2 is 1.93 bits per heavy atom. The van der Waals surface area contributed by atoms with Crippen molar-refractivity contribution in [3.63, 3.8) is 0 Å². The number of aliphatic imine (C=N–C) groups is 1. The lowest BCUT2D eigenvalue weighted by molar-refractivity contribution is -0.130. The van der Waals surface area contributed by atoms with Gasteiger partial charge >= 0.3 is 0 Å². The first-order valence-electron chi connectivity index (χ1n) is 10.4. The first kappa shape index (κ1) is 20.6. The first-order chi connectivity index (χ1) is 13.7. The third-order valence-electron chi connectivity index (χ3n) is 5.43. The van der Waals surface area contributed by atoms with Crippen LogP contribution < -0.4 is 10.6 Å². The fourth-order valence-corrected chi connectivity index (χ4v) is 3.69. The molecular weight excluding hydrogens is 354 g/mol. The van der Waals surface area contributed by atoms with Gasteiger partial charge in [0.1, 0.15) is 6.54 Å². The zero-order valence-corrected chi connectivity index (χ0v) is 17.1. The minimum absolute atomic E-state index is 0.0768. The van der Waals surface area contributed by atoms with E-state index < -0.39 is 0 Å². The summed E-state index contributed by atoms with van der Waals surface area (Å²) in [6.07, 6.45) is 0.918. The quantitative estimate of drug-likeness (QED) is 0.559. The number of morpholine rings is 1. The van der Waals surface area contributed by atoms with Crippen LogP contribution in [0.3, 0.4) is 0 Å². The summed E-state index contributed by atoms with van der Waals surface area (Å²) < 4.78 is 5.42. The predicted octanol–water partition coefficient (Wildman–Crippen LogP) is 0.847. The number of nitrogens with zero attached hydrogens (tertiary/aromatic N) is 3. The Morgan fingerprint density at radius 3 is 2.68 bits per heavy atom. The highest BCUT2D eigenvalue weighted by Crippen LogP contribution is 2.18. The Balaban J connectivity index is 1.50. The molecule has 0 aromatic heterocycles. The number of hydrogen-bond acceptors (Lipinski definition) is 4. The molecule has 2 aliphatic heterocycles. The van der Waals surface area contributed by atoms with E-state index in [1.165, 1.54) is 11.1 Å². The highest BCUT2D eigenvalue weighted by Gasteiger charge is 2.20. The van der Waals surface area contributed by atoms with Gasteiger partial charge in [0.2, 0.25) is 5.91 Å². The Kier molecular flexibility index (Phi) is 7.68. The van der Waals surface area contributed by atoms with Crippen LogP contribution >= 0.6 is 0 Å². The van der Waals surface area contributed by atoms with E-state index >= 15 is 0 Å². The topological polar surface area (TPSA) is 69.2 Å². The summed E-state index contributed by atoms with van der Waals surface area (Å²) in [5.74, 6) is 0.779. The summed E-state index contributed by atoms with van der Waals surface area (Å²) in [4.78, 5) is 21.5. The number of carbonyl (C=O) groups is 1. The van der Waals surface area contributed by atoms with Crippen LogP contribution in [0.2, 0.25) is 0 Å². The van der Waals surface area contributed by atoms with Crippen molar-refractivity contribution in [2.24, 2.45) is 4.99 Å². The monoisotopic (exact) mass is 387 g/mol. The van der Waals surface area contributed by atoms with Gasteiger partial charge in [-0.25, -0.2) is 4.99 Å². The molecule has 0 spiro atoms. The van der Waals surface area contributed by atoms with Gasteiger partial charge in [0.25, 0.3) is 0 Å². The van der Waals surface area contributed by atoms with Gasteiger partial charge in [0.05, 0.1) is 13.2 Å². The summed E-state index contributed by atoms with van der Waals surface area (Å²) in [5, 5.41) is 6.62. The molecule has 0 radical (unpaired) electrons. The summed E-state index contributed by atoms with van der Waals surface area (Å²) in [6.45, 7) is 10.9. The van der Waals surface area contributed by atoms with Crippen molar-refractivity contribution in [1.82, 2.24) is 20.4 Å². The molecule has 3 rings (SSSR count). The van der Waals surface area contributed by atoms with Crippen LogP contribution in [0.25, 0.3) is 0 Å². The number of rotatable bonds is 6.